The Morgan fingerprint density at radius 3 is 2.26 bits per heavy atom. The van der Waals surface area contributed by atoms with Crippen LogP contribution >= 0.6 is 0 Å². The lowest BCUT2D eigenvalue weighted by atomic mass is 10.1. The molecule has 0 bridgehead atoms. The van der Waals surface area contributed by atoms with Gasteiger partial charge in [-0.3, -0.25) is 9.59 Å². The number of aryl methyl sites for hydroxylation is 1. The summed E-state index contributed by atoms with van der Waals surface area (Å²) in [6, 6.07) is 7.84. The van der Waals surface area contributed by atoms with Gasteiger partial charge in [0.15, 0.2) is 0 Å². The van der Waals surface area contributed by atoms with Gasteiger partial charge in [-0.05, 0) is 31.0 Å². The summed E-state index contributed by atoms with van der Waals surface area (Å²) in [5, 5.41) is 0. The van der Waals surface area contributed by atoms with E-state index in [-0.39, 0.29) is 24.7 Å². The van der Waals surface area contributed by atoms with Crippen LogP contribution in [0.3, 0.4) is 0 Å². The minimum Gasteiger partial charge on any atom is -0.466 e. The van der Waals surface area contributed by atoms with Crippen LogP contribution < -0.4 is 4.90 Å². The van der Waals surface area contributed by atoms with Crippen molar-refractivity contribution in [3.05, 3.63) is 29.8 Å². The van der Waals surface area contributed by atoms with Crippen molar-refractivity contribution >= 4 is 17.6 Å². The molecule has 1 aromatic carbocycles. The third kappa shape index (κ3) is 4.73. The molecule has 104 valence electrons. The molecule has 1 amide bonds. The molecule has 0 aliphatic carbocycles. The van der Waals surface area contributed by atoms with E-state index in [1.807, 2.05) is 24.3 Å². The van der Waals surface area contributed by atoms with Crippen LogP contribution in [0.5, 0.6) is 0 Å². The molecule has 0 saturated heterocycles. The summed E-state index contributed by atoms with van der Waals surface area (Å²) < 4.78 is 4.80. The molecule has 0 atom stereocenters. The van der Waals surface area contributed by atoms with E-state index in [4.69, 9.17) is 4.74 Å². The smallest absolute Gasteiger partial charge is 0.306 e. The van der Waals surface area contributed by atoms with Gasteiger partial charge in [0.2, 0.25) is 5.91 Å². The molecular formula is C15H21NO3. The largest absolute Gasteiger partial charge is 0.466 e. The van der Waals surface area contributed by atoms with Gasteiger partial charge in [0.25, 0.3) is 0 Å². The molecule has 0 N–H and O–H groups in total. The average molecular weight is 263 g/mol. The first-order valence-electron chi connectivity index (χ1n) is 6.59. The summed E-state index contributed by atoms with van der Waals surface area (Å²) >= 11 is 0. The van der Waals surface area contributed by atoms with Crippen LogP contribution in [0.15, 0.2) is 24.3 Å². The van der Waals surface area contributed by atoms with Crippen LogP contribution in [-0.2, 0) is 20.7 Å². The summed E-state index contributed by atoms with van der Waals surface area (Å²) in [5.74, 6) is -0.414. The number of benzene rings is 1. The van der Waals surface area contributed by atoms with Gasteiger partial charge in [-0.1, -0.05) is 19.1 Å². The van der Waals surface area contributed by atoms with Gasteiger partial charge < -0.3 is 9.64 Å². The second kappa shape index (κ2) is 7.56. The molecule has 0 aliphatic rings. The van der Waals surface area contributed by atoms with Crippen molar-refractivity contribution in [3.8, 4) is 0 Å². The van der Waals surface area contributed by atoms with Gasteiger partial charge in [0.1, 0.15) is 0 Å². The molecule has 0 fully saturated rings. The first-order valence-corrected chi connectivity index (χ1v) is 6.59. The van der Waals surface area contributed by atoms with Crippen LogP contribution in [0.25, 0.3) is 0 Å². The van der Waals surface area contributed by atoms with Crippen molar-refractivity contribution in [1.82, 2.24) is 0 Å². The lowest BCUT2D eigenvalue weighted by Gasteiger charge is -2.17. The molecule has 4 nitrogen and oxygen atoms in total. The second-order valence-corrected chi connectivity index (χ2v) is 4.28. The Hall–Kier alpha value is -1.84. The zero-order valence-electron chi connectivity index (χ0n) is 11.8. The fraction of sp³-hybridized carbons (Fsp3) is 0.467. The first-order chi connectivity index (χ1) is 9.08. The maximum atomic E-state index is 11.9. The number of carbonyl (C=O) groups is 2. The highest BCUT2D eigenvalue weighted by Gasteiger charge is 2.13. The van der Waals surface area contributed by atoms with Crippen LogP contribution in [0.2, 0.25) is 0 Å². The zero-order valence-corrected chi connectivity index (χ0v) is 11.8. The summed E-state index contributed by atoms with van der Waals surface area (Å²) in [7, 11) is 1.72. The Balaban J connectivity index is 2.53. The van der Waals surface area contributed by atoms with Gasteiger partial charge >= 0.3 is 5.97 Å². The Kier molecular flexibility index (Phi) is 6.06. The first kappa shape index (κ1) is 15.2. The predicted molar refractivity (Wildman–Crippen MR) is 75.1 cm³/mol. The third-order valence-corrected chi connectivity index (χ3v) is 2.95. The molecule has 0 aliphatic heterocycles. The predicted octanol–water partition coefficient (Wildman–Crippen LogP) is 2.56. The van der Waals surface area contributed by atoms with E-state index >= 15 is 0 Å². The van der Waals surface area contributed by atoms with E-state index in [1.165, 1.54) is 5.56 Å². The summed E-state index contributed by atoms with van der Waals surface area (Å²) in [6.45, 7) is 4.19. The van der Waals surface area contributed by atoms with Crippen molar-refractivity contribution in [2.45, 2.75) is 33.1 Å². The Morgan fingerprint density at radius 1 is 1.11 bits per heavy atom. The van der Waals surface area contributed by atoms with Gasteiger partial charge in [0, 0.05) is 19.2 Å². The number of anilines is 1. The van der Waals surface area contributed by atoms with Crippen molar-refractivity contribution < 1.29 is 14.3 Å². The number of hydrogen-bond acceptors (Lipinski definition) is 3. The Morgan fingerprint density at radius 2 is 1.74 bits per heavy atom. The van der Waals surface area contributed by atoms with Crippen LogP contribution in [0, 0.1) is 0 Å². The van der Waals surface area contributed by atoms with Gasteiger partial charge in [-0.25, -0.2) is 0 Å². The van der Waals surface area contributed by atoms with Gasteiger partial charge in [-0.15, -0.1) is 0 Å². The molecule has 0 unspecified atom stereocenters. The van der Waals surface area contributed by atoms with Crippen LogP contribution in [0.4, 0.5) is 5.69 Å². The molecule has 19 heavy (non-hydrogen) atoms. The molecular weight excluding hydrogens is 242 g/mol. The molecule has 0 radical (unpaired) electrons. The number of amides is 1. The highest BCUT2D eigenvalue weighted by atomic mass is 16.5. The van der Waals surface area contributed by atoms with E-state index < -0.39 is 0 Å². The van der Waals surface area contributed by atoms with E-state index in [0.29, 0.717) is 6.61 Å². The van der Waals surface area contributed by atoms with Gasteiger partial charge in [0.05, 0.1) is 13.0 Å². The summed E-state index contributed by atoms with van der Waals surface area (Å²) in [6.07, 6.45) is 1.27. The van der Waals surface area contributed by atoms with Crippen molar-refractivity contribution in [1.29, 1.82) is 0 Å². The van der Waals surface area contributed by atoms with Gasteiger partial charge in [-0.2, -0.15) is 0 Å². The highest BCUT2D eigenvalue weighted by Crippen LogP contribution is 2.15. The van der Waals surface area contributed by atoms with Crippen molar-refractivity contribution in [3.63, 3.8) is 0 Å². The maximum Gasteiger partial charge on any atom is 0.306 e. The molecule has 0 spiro atoms. The Labute approximate surface area is 114 Å². The van der Waals surface area contributed by atoms with E-state index in [0.717, 1.165) is 12.1 Å². The SMILES string of the molecule is CCOC(=O)CCC(=O)N(C)c1ccc(CC)cc1. The van der Waals surface area contributed by atoms with Crippen molar-refractivity contribution in [2.24, 2.45) is 0 Å². The highest BCUT2D eigenvalue weighted by molar-refractivity contribution is 5.94. The van der Waals surface area contributed by atoms with E-state index in [1.54, 1.807) is 18.9 Å². The number of esters is 1. The quantitative estimate of drug-likeness (QED) is 0.741. The standard InChI is InChI=1S/C15H21NO3/c1-4-12-6-8-13(9-7-12)16(3)14(17)10-11-15(18)19-5-2/h6-9H,4-5,10-11H2,1-3H3. The topological polar surface area (TPSA) is 46.6 Å². The third-order valence-electron chi connectivity index (χ3n) is 2.95. The van der Waals surface area contributed by atoms with E-state index in [9.17, 15) is 9.59 Å². The summed E-state index contributed by atoms with van der Waals surface area (Å²) in [4.78, 5) is 24.7. The monoisotopic (exact) mass is 263 g/mol. The number of ether oxygens (including phenoxy) is 1. The minimum absolute atomic E-state index is 0.0858. The molecule has 1 aromatic rings. The molecule has 1 rings (SSSR count). The molecule has 0 heterocycles. The lowest BCUT2D eigenvalue weighted by molar-refractivity contribution is -0.144. The number of carbonyl (C=O) groups excluding carboxylic acids is 2. The number of nitrogens with zero attached hydrogens (tertiary/aromatic N) is 1. The molecule has 4 heteroatoms. The van der Waals surface area contributed by atoms with E-state index in [2.05, 4.69) is 6.92 Å². The zero-order chi connectivity index (χ0) is 14.3. The molecule has 0 aromatic heterocycles. The number of rotatable bonds is 6. The summed E-state index contributed by atoms with van der Waals surface area (Å²) in [5.41, 5.74) is 2.07. The fourth-order valence-electron chi connectivity index (χ4n) is 1.71. The van der Waals surface area contributed by atoms with Crippen molar-refractivity contribution in [2.75, 3.05) is 18.6 Å². The Bertz CT molecular complexity index is 426. The normalized spacial score (nSPS) is 10.1. The average Bonchev–Trinajstić information content (AvgIpc) is 2.44. The van der Waals surface area contributed by atoms with Crippen LogP contribution in [0.1, 0.15) is 32.3 Å². The fourth-order valence-corrected chi connectivity index (χ4v) is 1.71. The van der Waals surface area contributed by atoms with Crippen LogP contribution in [-0.4, -0.2) is 25.5 Å². The molecule has 0 saturated carbocycles. The second-order valence-electron chi connectivity index (χ2n) is 4.28. The minimum atomic E-state index is -0.328. The maximum absolute atomic E-state index is 11.9. The lowest BCUT2D eigenvalue weighted by Crippen LogP contribution is -2.26. The number of hydrogen-bond donors (Lipinski definition) is 0.